The Morgan fingerprint density at radius 2 is 1.56 bits per heavy atom. The molecule has 3 aromatic carbocycles. The highest BCUT2D eigenvalue weighted by molar-refractivity contribution is 6.30. The van der Waals surface area contributed by atoms with Gasteiger partial charge in [-0.3, -0.25) is 0 Å². The van der Waals surface area contributed by atoms with Gasteiger partial charge in [-0.05, 0) is 42.0 Å². The first-order chi connectivity index (χ1) is 15.6. The minimum atomic E-state index is -0.643. The van der Waals surface area contributed by atoms with Crippen molar-refractivity contribution in [1.82, 2.24) is 0 Å². The van der Waals surface area contributed by atoms with E-state index in [9.17, 15) is 4.79 Å². The van der Waals surface area contributed by atoms with Crippen molar-refractivity contribution in [3.8, 4) is 11.8 Å². The van der Waals surface area contributed by atoms with Crippen molar-refractivity contribution in [2.75, 3.05) is 7.11 Å². The summed E-state index contributed by atoms with van der Waals surface area (Å²) >= 11 is 6.10. The second-order valence-electron chi connectivity index (χ2n) is 7.31. The first-order valence-corrected chi connectivity index (χ1v) is 10.5. The van der Waals surface area contributed by atoms with Crippen LogP contribution < -0.4 is 0 Å². The lowest BCUT2D eigenvalue weighted by atomic mass is 9.84. The van der Waals surface area contributed by atoms with Gasteiger partial charge in [-0.1, -0.05) is 78.6 Å². The summed E-state index contributed by atoms with van der Waals surface area (Å²) in [7, 11) is 1.34. The Morgan fingerprint density at radius 1 is 0.938 bits per heavy atom. The fourth-order valence-electron chi connectivity index (χ4n) is 3.69. The third kappa shape index (κ3) is 4.46. The van der Waals surface area contributed by atoms with Gasteiger partial charge < -0.3 is 9.47 Å². The maximum Gasteiger partial charge on any atom is 0.336 e. The number of rotatable bonds is 4. The second kappa shape index (κ2) is 9.60. The van der Waals surface area contributed by atoms with Gasteiger partial charge in [0.15, 0.2) is 0 Å². The number of methoxy groups -OCH3 is 1. The largest absolute Gasteiger partial charge is 0.483 e. The van der Waals surface area contributed by atoms with E-state index < -0.39 is 12.1 Å². The highest BCUT2D eigenvalue weighted by Gasteiger charge is 2.41. The molecular formula is C28H21ClO3. The number of carbonyl (C=O) groups is 1. The zero-order valence-corrected chi connectivity index (χ0v) is 18.3. The van der Waals surface area contributed by atoms with E-state index in [0.717, 1.165) is 22.3 Å². The van der Waals surface area contributed by atoms with Crippen LogP contribution in [0.25, 0.3) is 5.76 Å². The van der Waals surface area contributed by atoms with E-state index in [-0.39, 0.29) is 11.5 Å². The monoisotopic (exact) mass is 440 g/mol. The van der Waals surface area contributed by atoms with Gasteiger partial charge in [0, 0.05) is 16.1 Å². The van der Waals surface area contributed by atoms with E-state index in [1.54, 1.807) is 12.1 Å². The third-order valence-corrected chi connectivity index (χ3v) is 5.53. The number of hydrogen-bond acceptors (Lipinski definition) is 3. The number of carbonyl (C=O) groups excluding carboxylic acids is 1. The van der Waals surface area contributed by atoms with Crippen LogP contribution in [0.15, 0.2) is 103 Å². The van der Waals surface area contributed by atoms with Gasteiger partial charge in [0.2, 0.25) is 0 Å². The first kappa shape index (κ1) is 21.5. The van der Waals surface area contributed by atoms with Crippen molar-refractivity contribution < 1.29 is 14.3 Å². The molecule has 0 aliphatic carbocycles. The molecule has 2 atom stereocenters. The summed E-state index contributed by atoms with van der Waals surface area (Å²) in [6.07, 6.45) is -0.643. The maximum absolute atomic E-state index is 12.4. The summed E-state index contributed by atoms with van der Waals surface area (Å²) in [6, 6.07) is 27.0. The number of halogens is 1. The molecule has 0 spiro atoms. The molecule has 1 aliphatic rings. The van der Waals surface area contributed by atoms with Gasteiger partial charge in [0.05, 0.1) is 24.2 Å². The predicted octanol–water partition coefficient (Wildman–Crippen LogP) is 6.01. The Bertz CT molecular complexity index is 1220. The van der Waals surface area contributed by atoms with Crippen molar-refractivity contribution in [3.05, 3.63) is 124 Å². The molecule has 0 fully saturated rings. The minimum Gasteiger partial charge on any atom is -0.483 e. The SMILES string of the molecule is C=C(C(=O)OC)[C@H]1OC(c2ccc(Cl)cc2)=C(C#Cc2ccccc2)[C@@H]1c1ccccc1. The van der Waals surface area contributed by atoms with Gasteiger partial charge in [-0.25, -0.2) is 4.79 Å². The highest BCUT2D eigenvalue weighted by atomic mass is 35.5. The Hall–Kier alpha value is -3.74. The van der Waals surface area contributed by atoms with Crippen molar-refractivity contribution in [1.29, 1.82) is 0 Å². The molecular weight excluding hydrogens is 420 g/mol. The Kier molecular flexibility index (Phi) is 6.44. The molecule has 4 rings (SSSR count). The number of hydrogen-bond donors (Lipinski definition) is 0. The Balaban J connectivity index is 1.89. The molecule has 0 unspecified atom stereocenters. The smallest absolute Gasteiger partial charge is 0.336 e. The summed E-state index contributed by atoms with van der Waals surface area (Å²) < 4.78 is 11.3. The summed E-state index contributed by atoms with van der Waals surface area (Å²) in [5.74, 6) is 6.35. The first-order valence-electron chi connectivity index (χ1n) is 10.1. The van der Waals surface area contributed by atoms with Crippen LogP contribution in [0.5, 0.6) is 0 Å². The molecule has 3 nitrogen and oxygen atoms in total. The Labute approximate surface area is 193 Å². The predicted molar refractivity (Wildman–Crippen MR) is 127 cm³/mol. The average Bonchev–Trinajstić information content (AvgIpc) is 3.22. The van der Waals surface area contributed by atoms with Crippen molar-refractivity contribution in [2.45, 2.75) is 12.0 Å². The highest BCUT2D eigenvalue weighted by Crippen LogP contribution is 2.45. The van der Waals surface area contributed by atoms with E-state index in [1.165, 1.54) is 7.11 Å². The van der Waals surface area contributed by atoms with Crippen LogP contribution in [0.3, 0.4) is 0 Å². The topological polar surface area (TPSA) is 35.5 Å². The molecule has 0 saturated heterocycles. The molecule has 0 N–H and O–H groups in total. The summed E-state index contributed by atoms with van der Waals surface area (Å²) in [6.45, 7) is 3.98. The van der Waals surface area contributed by atoms with Crippen LogP contribution >= 0.6 is 11.6 Å². The van der Waals surface area contributed by atoms with Crippen LogP contribution in [0.4, 0.5) is 0 Å². The third-order valence-electron chi connectivity index (χ3n) is 5.27. The van der Waals surface area contributed by atoms with Crippen LogP contribution in [0.1, 0.15) is 22.6 Å². The van der Waals surface area contributed by atoms with Crippen molar-refractivity contribution in [2.24, 2.45) is 0 Å². The van der Waals surface area contributed by atoms with Gasteiger partial charge in [0.1, 0.15) is 11.9 Å². The van der Waals surface area contributed by atoms with E-state index in [1.807, 2.05) is 72.8 Å². The quantitative estimate of drug-likeness (QED) is 0.283. The van der Waals surface area contributed by atoms with Crippen LogP contribution in [-0.2, 0) is 14.3 Å². The van der Waals surface area contributed by atoms with Crippen molar-refractivity contribution >= 4 is 23.3 Å². The molecule has 0 amide bonds. The standard InChI is InChI=1S/C28H21ClO3/c1-19(28(30)31-2)26-25(21-11-7-4-8-12-21)24(18-13-20-9-5-3-6-10-20)27(32-26)22-14-16-23(29)17-15-22/h3-12,14-17,25-26H,1H2,2H3/t25-,26+/m0/s1. The van der Waals surface area contributed by atoms with Crippen LogP contribution in [0.2, 0.25) is 5.02 Å². The molecule has 0 saturated carbocycles. The lowest BCUT2D eigenvalue weighted by Gasteiger charge is -2.21. The Morgan fingerprint density at radius 3 is 2.19 bits per heavy atom. The van der Waals surface area contributed by atoms with E-state index in [0.29, 0.717) is 10.8 Å². The van der Waals surface area contributed by atoms with Gasteiger partial charge in [0.25, 0.3) is 0 Å². The number of ether oxygens (including phenoxy) is 2. The van der Waals surface area contributed by atoms with Crippen LogP contribution in [0, 0.1) is 11.8 Å². The second-order valence-corrected chi connectivity index (χ2v) is 7.75. The molecule has 4 heteroatoms. The molecule has 158 valence electrons. The van der Waals surface area contributed by atoms with E-state index >= 15 is 0 Å². The lowest BCUT2D eigenvalue weighted by Crippen LogP contribution is -2.24. The molecule has 3 aromatic rings. The van der Waals surface area contributed by atoms with Gasteiger partial charge >= 0.3 is 5.97 Å². The normalized spacial score (nSPS) is 17.2. The lowest BCUT2D eigenvalue weighted by molar-refractivity contribution is -0.137. The van der Waals surface area contributed by atoms with Gasteiger partial charge in [-0.15, -0.1) is 0 Å². The fourth-order valence-corrected chi connectivity index (χ4v) is 3.82. The molecule has 0 radical (unpaired) electrons. The molecule has 1 heterocycles. The summed E-state index contributed by atoms with van der Waals surface area (Å²) in [5.41, 5.74) is 3.70. The maximum atomic E-state index is 12.4. The zero-order chi connectivity index (χ0) is 22.5. The molecule has 32 heavy (non-hydrogen) atoms. The van der Waals surface area contributed by atoms with Crippen molar-refractivity contribution in [3.63, 3.8) is 0 Å². The van der Waals surface area contributed by atoms with Crippen LogP contribution in [-0.4, -0.2) is 19.2 Å². The average molecular weight is 441 g/mol. The zero-order valence-electron chi connectivity index (χ0n) is 17.5. The fraction of sp³-hybridized carbons (Fsp3) is 0.107. The number of benzene rings is 3. The van der Waals surface area contributed by atoms with E-state index in [4.69, 9.17) is 21.1 Å². The summed E-state index contributed by atoms with van der Waals surface area (Å²) in [4.78, 5) is 12.4. The minimum absolute atomic E-state index is 0.240. The number of esters is 1. The van der Waals surface area contributed by atoms with Gasteiger partial charge in [-0.2, -0.15) is 0 Å². The molecule has 1 aliphatic heterocycles. The summed E-state index contributed by atoms with van der Waals surface area (Å²) in [5, 5.41) is 0.624. The molecule has 0 aromatic heterocycles. The molecule has 0 bridgehead atoms. The van der Waals surface area contributed by atoms with E-state index in [2.05, 4.69) is 18.4 Å².